The van der Waals surface area contributed by atoms with Crippen molar-refractivity contribution in [3.63, 3.8) is 0 Å². The highest BCUT2D eigenvalue weighted by Gasteiger charge is 2.43. The molecular formula is C55H85N13O9S2. The van der Waals surface area contributed by atoms with Gasteiger partial charge in [-0.25, -0.2) is 17.9 Å². The summed E-state index contributed by atoms with van der Waals surface area (Å²) < 4.78 is 29.9. The Bertz CT molecular complexity index is 2630. The Balaban J connectivity index is 0.999. The minimum Gasteiger partial charge on any atom is -0.368 e. The molecule has 0 bridgehead atoms. The number of hydrogen-bond donors (Lipinski definition) is 9. The fourth-order valence-corrected chi connectivity index (χ4v) is 14.4. The number of benzene rings is 1. The first kappa shape index (κ1) is 60.9. The van der Waals surface area contributed by atoms with E-state index in [2.05, 4.69) is 78.0 Å². The number of aliphatic imine (C=N–C) groups is 1. The number of rotatable bonds is 27. The highest BCUT2D eigenvalue weighted by Crippen LogP contribution is 2.36. The first-order valence-electron chi connectivity index (χ1n) is 28.6. The number of hydrogen-bond acceptors (Lipinski definition) is 13. The number of urea groups is 1. The van der Waals surface area contributed by atoms with E-state index in [9.17, 15) is 42.0 Å². The average Bonchev–Trinajstić information content (AvgIpc) is 4.33. The molecule has 79 heavy (non-hydrogen) atoms. The van der Waals surface area contributed by atoms with Crippen LogP contribution in [0.4, 0.5) is 4.79 Å². The van der Waals surface area contributed by atoms with Crippen molar-refractivity contribution >= 4 is 69.1 Å². The predicted octanol–water partition coefficient (Wildman–Crippen LogP) is 3.93. The van der Waals surface area contributed by atoms with E-state index >= 15 is 0 Å². The van der Waals surface area contributed by atoms with Crippen molar-refractivity contribution in [2.75, 3.05) is 18.8 Å². The molecule has 0 spiro atoms. The molecule has 1 aromatic heterocycles. The predicted molar refractivity (Wildman–Crippen MR) is 301 cm³/mol. The largest absolute Gasteiger partial charge is 0.368 e. The van der Waals surface area contributed by atoms with E-state index in [4.69, 9.17) is 5.73 Å². The van der Waals surface area contributed by atoms with Gasteiger partial charge >= 0.3 is 6.03 Å². The maximum Gasteiger partial charge on any atom is 0.315 e. The molecule has 22 nitrogen and oxygen atoms in total. The molecule has 10 N–H and O–H groups in total. The third-order valence-electron chi connectivity index (χ3n) is 15.9. The van der Waals surface area contributed by atoms with Gasteiger partial charge < -0.3 is 43.0 Å². The van der Waals surface area contributed by atoms with Crippen LogP contribution < -0.4 is 47.7 Å². The Hall–Kier alpha value is -5.78. The molecule has 4 fully saturated rings. The number of amides is 8. The summed E-state index contributed by atoms with van der Waals surface area (Å²) in [4.78, 5) is 99.4. The maximum atomic E-state index is 14.6. The Morgan fingerprint density at radius 1 is 0.886 bits per heavy atom. The minimum atomic E-state index is -3.92. The molecule has 24 heteroatoms. The fraction of sp³-hybridized carbons (Fsp3) is 0.709. The van der Waals surface area contributed by atoms with Gasteiger partial charge in [-0.15, -0.1) is 5.10 Å². The van der Waals surface area contributed by atoms with E-state index < -0.39 is 75.8 Å². The molecule has 7 atom stereocenters. The van der Waals surface area contributed by atoms with Crippen LogP contribution in [-0.2, 0) is 45.2 Å². The van der Waals surface area contributed by atoms with E-state index in [-0.39, 0.29) is 58.9 Å². The summed E-state index contributed by atoms with van der Waals surface area (Å²) in [6, 6.07) is 1.98. The van der Waals surface area contributed by atoms with Crippen LogP contribution in [0.5, 0.6) is 0 Å². The lowest BCUT2D eigenvalue weighted by atomic mass is 9.78. The number of sulfonamides is 1. The van der Waals surface area contributed by atoms with E-state index in [0.717, 1.165) is 62.8 Å². The van der Waals surface area contributed by atoms with Crippen LogP contribution in [0.1, 0.15) is 174 Å². The summed E-state index contributed by atoms with van der Waals surface area (Å²) in [6.45, 7) is 9.55. The van der Waals surface area contributed by atoms with Crippen molar-refractivity contribution < 1.29 is 42.0 Å². The van der Waals surface area contributed by atoms with Crippen LogP contribution in [0.2, 0.25) is 0 Å². The van der Waals surface area contributed by atoms with Crippen LogP contribution in [0.25, 0.3) is 0 Å². The van der Waals surface area contributed by atoms with Crippen molar-refractivity contribution in [1.82, 2.24) is 56.9 Å². The van der Waals surface area contributed by atoms with E-state index in [1.165, 1.54) is 25.3 Å². The summed E-state index contributed by atoms with van der Waals surface area (Å²) in [6.07, 6.45) is 16.1. The third-order valence-corrected chi connectivity index (χ3v) is 18.8. The van der Waals surface area contributed by atoms with Gasteiger partial charge in [0, 0.05) is 54.2 Å². The zero-order chi connectivity index (χ0) is 56.9. The monoisotopic (exact) mass is 1140 g/mol. The second kappa shape index (κ2) is 27.6. The van der Waals surface area contributed by atoms with Crippen molar-refractivity contribution in [2.45, 2.75) is 215 Å². The summed E-state index contributed by atoms with van der Waals surface area (Å²) in [5, 5.41) is 29.7. The Morgan fingerprint density at radius 2 is 1.62 bits per heavy atom. The lowest BCUT2D eigenvalue weighted by Crippen LogP contribution is -2.59. The van der Waals surface area contributed by atoms with E-state index in [1.807, 2.05) is 18.0 Å². The molecule has 5 aliphatic rings. The van der Waals surface area contributed by atoms with Crippen LogP contribution in [-0.4, -0.2) is 131 Å². The van der Waals surface area contributed by atoms with Crippen molar-refractivity contribution in [3.8, 4) is 0 Å². The molecule has 2 aliphatic carbocycles. The van der Waals surface area contributed by atoms with Gasteiger partial charge in [0.25, 0.3) is 10.0 Å². The van der Waals surface area contributed by atoms with Crippen molar-refractivity contribution in [1.29, 1.82) is 0 Å². The average molecular weight is 1140 g/mol. The van der Waals surface area contributed by atoms with Crippen LogP contribution in [0.15, 0.2) is 40.4 Å². The smallest absolute Gasteiger partial charge is 0.315 e. The van der Waals surface area contributed by atoms with E-state index in [1.54, 1.807) is 36.7 Å². The molecule has 0 radical (unpaired) electrons. The van der Waals surface area contributed by atoms with Crippen LogP contribution in [0, 0.1) is 17.3 Å². The summed E-state index contributed by atoms with van der Waals surface area (Å²) >= 11 is 1.84. The first-order chi connectivity index (χ1) is 37.6. The van der Waals surface area contributed by atoms with Gasteiger partial charge in [0.1, 0.15) is 30.0 Å². The van der Waals surface area contributed by atoms with Crippen LogP contribution in [0.3, 0.4) is 0 Å². The Kier molecular flexibility index (Phi) is 21.3. The number of nitrogens with zero attached hydrogens (tertiary/aromatic N) is 4. The molecule has 3 aliphatic heterocycles. The Morgan fingerprint density at radius 3 is 2.34 bits per heavy atom. The van der Waals surface area contributed by atoms with E-state index in [0.29, 0.717) is 68.2 Å². The number of thioether (sulfide) groups is 1. The quantitative estimate of drug-likeness (QED) is 0.0454. The number of amidine groups is 1. The lowest BCUT2D eigenvalue weighted by molar-refractivity contribution is -0.133. The molecule has 2 saturated heterocycles. The van der Waals surface area contributed by atoms with Crippen molar-refractivity contribution in [2.24, 2.45) is 28.0 Å². The van der Waals surface area contributed by atoms with Crippen molar-refractivity contribution in [3.05, 3.63) is 41.7 Å². The van der Waals surface area contributed by atoms with Gasteiger partial charge in [-0.1, -0.05) is 110 Å². The zero-order valence-electron chi connectivity index (χ0n) is 46.7. The molecule has 1 aromatic carbocycles. The normalized spacial score (nSPS) is 22.5. The van der Waals surface area contributed by atoms with Gasteiger partial charge in [-0.2, -0.15) is 11.8 Å². The highest BCUT2D eigenvalue weighted by atomic mass is 32.2. The third kappa shape index (κ3) is 17.4. The first-order valence-corrected chi connectivity index (χ1v) is 31.2. The standard InChI is InChI=1S/C55H85N13O9S2/c1-34(2)46(62-49-37-20-10-12-23-43(37)79(76,77)66-49)52(74)58-31-39(50(72)60-38(48(56)71)21-14-17-27-57-44(69)24-13-11-22-42-47-40(33-78-42)61-53(75)63-47)59-45(70)30-55(25-15-7-16-26-55)64-51(73)41(29-54(3,4)5)68-32-36(65-67-68)28-35-18-8-6-9-19-35/h10,12,20,23,32,34-35,38-42,46-47H,6-9,11,13-19,21-22,24-31,33H2,1-5H3,(H2,56,71)(H,57,69)(H,58,74)(H,59,70)(H,60,72)(H,62,66)(H,64,73)(H2,61,63,75)/t38?,39-,40?,41+,42+,46?,47?/m1/s1. The molecule has 4 heterocycles. The molecule has 2 saturated carbocycles. The second-order valence-corrected chi connectivity index (χ2v) is 26.9. The number of fused-ring (bicyclic) bond motifs is 2. The van der Waals surface area contributed by atoms with Crippen LogP contribution >= 0.6 is 11.8 Å². The maximum absolute atomic E-state index is 14.6. The number of nitrogens with two attached hydrogens (primary N) is 1. The number of unbranched alkanes of at least 4 members (excludes halogenated alkanes) is 2. The van der Waals surface area contributed by atoms with Gasteiger partial charge in [0.15, 0.2) is 0 Å². The number of aromatic nitrogens is 3. The molecule has 2 aromatic rings. The SMILES string of the molecule is CC(C)C(N=C1NS(=O)(=O)c2ccccc21)C(=O)NC[C@@H](NC(=O)CC1(NC(=O)[C@H](CC(C)(C)C)n2cc(CC3CCCCC3)nn2)CCCCC1)C(=O)NC(CCCCNC(=O)CCCC[C@@H]1SCC2NC(=O)NC21)C(N)=O. The molecule has 436 valence electrons. The Labute approximate surface area is 469 Å². The number of nitrogens with one attached hydrogen (secondary N) is 8. The fourth-order valence-electron chi connectivity index (χ4n) is 11.6. The zero-order valence-corrected chi connectivity index (χ0v) is 48.3. The second-order valence-electron chi connectivity index (χ2n) is 24.0. The minimum absolute atomic E-state index is 0.00350. The van der Waals surface area contributed by atoms with Gasteiger partial charge in [-0.05, 0) is 87.2 Å². The van der Waals surface area contributed by atoms with Gasteiger partial charge in [0.2, 0.25) is 35.4 Å². The lowest BCUT2D eigenvalue weighted by Gasteiger charge is -2.39. The van der Waals surface area contributed by atoms with Gasteiger partial charge in [-0.3, -0.25) is 38.5 Å². The topological polar surface area (TPSA) is 319 Å². The summed E-state index contributed by atoms with van der Waals surface area (Å²) in [5.41, 5.74) is 5.74. The molecular weight excluding hydrogens is 1050 g/mol. The number of carbonyl (C=O) groups excluding carboxylic acids is 7. The molecule has 8 amide bonds. The van der Waals surface area contributed by atoms with Gasteiger partial charge in [0.05, 0.1) is 22.7 Å². The molecule has 7 rings (SSSR count). The summed E-state index contributed by atoms with van der Waals surface area (Å²) in [5.74, 6) is -2.26. The highest BCUT2D eigenvalue weighted by molar-refractivity contribution is 8.00. The summed E-state index contributed by atoms with van der Waals surface area (Å²) in [7, 11) is -3.92. The number of carbonyl (C=O) groups is 7. The molecule has 4 unspecified atom stereocenters. The number of primary amides is 1.